The van der Waals surface area contributed by atoms with Crippen LogP contribution in [0, 0.1) is 11.6 Å². The van der Waals surface area contributed by atoms with Crippen molar-refractivity contribution in [2.75, 3.05) is 20.1 Å². The average molecular weight is 488 g/mol. The van der Waals surface area contributed by atoms with Crippen LogP contribution in [-0.2, 0) is 30.9 Å². The monoisotopic (exact) mass is 487 g/mol. The van der Waals surface area contributed by atoms with Gasteiger partial charge >= 0.3 is 0 Å². The minimum atomic E-state index is -0.732. The van der Waals surface area contributed by atoms with E-state index in [1.54, 1.807) is 19.3 Å². The predicted octanol–water partition coefficient (Wildman–Crippen LogP) is 3.51. The van der Waals surface area contributed by atoms with Crippen LogP contribution in [0.25, 0.3) is 0 Å². The first-order chi connectivity index (χ1) is 16.4. The normalized spacial score (nSPS) is 13.0. The molecule has 1 N–H and O–H groups in total. The Balaban J connectivity index is 1.50. The van der Waals surface area contributed by atoms with Gasteiger partial charge in [-0.2, -0.15) is 0 Å². The van der Waals surface area contributed by atoms with Gasteiger partial charge in [-0.1, -0.05) is 29.8 Å². The van der Waals surface area contributed by atoms with E-state index in [4.69, 9.17) is 16.3 Å². The Morgan fingerprint density at radius 2 is 2.00 bits per heavy atom. The van der Waals surface area contributed by atoms with Crippen molar-refractivity contribution < 1.29 is 18.3 Å². The smallest absolute Gasteiger partial charge is 0.273 e. The second-order valence-electron chi connectivity index (χ2n) is 8.10. The molecule has 0 atom stereocenters. The fourth-order valence-electron chi connectivity index (χ4n) is 4.06. The summed E-state index contributed by atoms with van der Waals surface area (Å²) in [4.78, 5) is 26.9. The summed E-state index contributed by atoms with van der Waals surface area (Å²) in [6.07, 6.45) is 2.28. The van der Waals surface area contributed by atoms with Crippen LogP contribution in [0.5, 0.6) is 5.75 Å². The summed E-state index contributed by atoms with van der Waals surface area (Å²) in [6.45, 7) is 1.58. The molecule has 0 bridgehead atoms. The lowest BCUT2D eigenvalue weighted by Crippen LogP contribution is -2.40. The van der Waals surface area contributed by atoms with E-state index in [2.05, 4.69) is 5.32 Å². The number of likely N-dealkylation sites (N-methyl/N-ethyl adjacent to an activating group) is 1. The van der Waals surface area contributed by atoms with Gasteiger partial charge in [0, 0.05) is 30.9 Å². The van der Waals surface area contributed by atoms with Crippen molar-refractivity contribution in [2.45, 2.75) is 26.1 Å². The lowest BCUT2D eigenvalue weighted by Gasteiger charge is -2.30. The molecular weight excluding hydrogens is 464 g/mol. The molecule has 1 aliphatic rings. The number of nitrogens with one attached hydrogen (secondary N) is 1. The molecule has 1 aliphatic heterocycles. The number of benzene rings is 2. The molecule has 34 heavy (non-hydrogen) atoms. The summed E-state index contributed by atoms with van der Waals surface area (Å²) in [6, 6.07) is 10.6. The number of aromatic nitrogens is 1. The van der Waals surface area contributed by atoms with Crippen molar-refractivity contribution >= 4 is 17.5 Å². The van der Waals surface area contributed by atoms with Gasteiger partial charge in [0.25, 0.3) is 5.56 Å². The maximum atomic E-state index is 13.8. The summed E-state index contributed by atoms with van der Waals surface area (Å²) in [5.74, 6) is -1.23. The Hall–Kier alpha value is -3.23. The number of carbonyl (C=O) groups is 1. The SMILES string of the molecule is CNCC(=O)N1CCc2c(cccc2Cn2ccc(OCc3ccc(F)cc3F)c(Cl)c2=O)C1. The van der Waals surface area contributed by atoms with Crippen molar-refractivity contribution in [2.24, 2.45) is 0 Å². The number of carbonyl (C=O) groups excluding carboxylic acids is 1. The molecule has 9 heteroatoms. The molecule has 178 valence electrons. The van der Waals surface area contributed by atoms with Crippen molar-refractivity contribution in [3.63, 3.8) is 0 Å². The highest BCUT2D eigenvalue weighted by atomic mass is 35.5. The molecule has 1 aromatic heterocycles. The van der Waals surface area contributed by atoms with Gasteiger partial charge in [0.05, 0.1) is 13.1 Å². The number of pyridine rings is 1. The fraction of sp³-hybridized carbons (Fsp3) is 0.280. The van der Waals surface area contributed by atoms with E-state index in [-0.39, 0.29) is 28.8 Å². The van der Waals surface area contributed by atoms with Gasteiger partial charge < -0.3 is 19.5 Å². The Morgan fingerprint density at radius 3 is 2.76 bits per heavy atom. The highest BCUT2D eigenvalue weighted by Crippen LogP contribution is 2.25. The number of amides is 1. The van der Waals surface area contributed by atoms with Gasteiger partial charge in [0.1, 0.15) is 29.0 Å². The third-order valence-electron chi connectivity index (χ3n) is 5.85. The largest absolute Gasteiger partial charge is 0.487 e. The summed E-state index contributed by atoms with van der Waals surface area (Å²) in [5.41, 5.74) is 2.90. The van der Waals surface area contributed by atoms with Crippen molar-refractivity contribution in [1.82, 2.24) is 14.8 Å². The summed E-state index contributed by atoms with van der Waals surface area (Å²) in [7, 11) is 1.74. The van der Waals surface area contributed by atoms with E-state index < -0.39 is 17.2 Å². The first-order valence-electron chi connectivity index (χ1n) is 10.8. The van der Waals surface area contributed by atoms with E-state index in [0.717, 1.165) is 28.8 Å². The number of ether oxygens (including phenoxy) is 1. The third kappa shape index (κ3) is 5.13. The Bertz CT molecular complexity index is 1280. The van der Waals surface area contributed by atoms with E-state index in [9.17, 15) is 18.4 Å². The molecule has 2 heterocycles. The molecule has 0 unspecified atom stereocenters. The van der Waals surface area contributed by atoms with E-state index >= 15 is 0 Å². The second kappa shape index (κ2) is 10.4. The first kappa shape index (κ1) is 23.9. The number of rotatable bonds is 7. The van der Waals surface area contributed by atoms with Gasteiger partial charge in [-0.25, -0.2) is 8.78 Å². The second-order valence-corrected chi connectivity index (χ2v) is 8.48. The number of fused-ring (bicyclic) bond motifs is 1. The third-order valence-corrected chi connectivity index (χ3v) is 6.20. The van der Waals surface area contributed by atoms with E-state index in [1.807, 2.05) is 23.1 Å². The number of nitrogens with zero attached hydrogens (tertiary/aromatic N) is 2. The quantitative estimate of drug-likeness (QED) is 0.554. The topological polar surface area (TPSA) is 63.6 Å². The van der Waals surface area contributed by atoms with Gasteiger partial charge in [0.15, 0.2) is 0 Å². The predicted molar refractivity (Wildman–Crippen MR) is 125 cm³/mol. The summed E-state index contributed by atoms with van der Waals surface area (Å²) in [5, 5.41) is 2.77. The molecule has 3 aromatic rings. The minimum absolute atomic E-state index is 0.0534. The highest BCUT2D eigenvalue weighted by Gasteiger charge is 2.22. The molecule has 4 rings (SSSR count). The van der Waals surface area contributed by atoms with Crippen molar-refractivity contribution in [1.29, 1.82) is 0 Å². The molecule has 6 nitrogen and oxygen atoms in total. The van der Waals surface area contributed by atoms with Crippen LogP contribution in [-0.4, -0.2) is 35.5 Å². The van der Waals surface area contributed by atoms with Crippen LogP contribution in [0.1, 0.15) is 22.3 Å². The van der Waals surface area contributed by atoms with Crippen LogP contribution >= 0.6 is 11.6 Å². The summed E-state index contributed by atoms with van der Waals surface area (Å²) >= 11 is 6.26. The zero-order valence-corrected chi connectivity index (χ0v) is 19.4. The molecule has 0 saturated heterocycles. The van der Waals surface area contributed by atoms with Crippen LogP contribution in [0.2, 0.25) is 5.02 Å². The zero-order chi connectivity index (χ0) is 24.2. The lowest BCUT2D eigenvalue weighted by atomic mass is 9.94. The van der Waals surface area contributed by atoms with Gasteiger partial charge in [-0.3, -0.25) is 9.59 Å². The fourth-order valence-corrected chi connectivity index (χ4v) is 4.28. The van der Waals surface area contributed by atoms with Gasteiger partial charge in [-0.05, 0) is 48.4 Å². The van der Waals surface area contributed by atoms with Crippen molar-refractivity contribution in [3.05, 3.63) is 97.9 Å². The van der Waals surface area contributed by atoms with Crippen LogP contribution in [0.4, 0.5) is 8.78 Å². The molecule has 0 saturated carbocycles. The minimum Gasteiger partial charge on any atom is -0.487 e. The number of hydrogen-bond donors (Lipinski definition) is 1. The molecule has 0 radical (unpaired) electrons. The Labute approximate surface area is 200 Å². The van der Waals surface area contributed by atoms with Crippen LogP contribution in [0.3, 0.4) is 0 Å². The maximum absolute atomic E-state index is 13.8. The summed E-state index contributed by atoms with van der Waals surface area (Å²) < 4.78 is 33.9. The van der Waals surface area contributed by atoms with Crippen molar-refractivity contribution in [3.8, 4) is 5.75 Å². The standard InChI is InChI=1S/C25H24ClF2N3O3/c1-29-12-23(32)30-9-7-20-16(13-30)3-2-4-17(20)14-31-10-8-22(24(26)25(31)33)34-15-18-5-6-19(27)11-21(18)28/h2-6,8,10-11,29H,7,9,12-15H2,1H3. The van der Waals surface area contributed by atoms with Gasteiger partial charge in [-0.15, -0.1) is 0 Å². The van der Waals surface area contributed by atoms with Crippen LogP contribution in [0.15, 0.2) is 53.5 Å². The molecule has 1 amide bonds. The Morgan fingerprint density at radius 1 is 1.18 bits per heavy atom. The number of halogens is 3. The van der Waals surface area contributed by atoms with E-state index in [0.29, 0.717) is 32.6 Å². The van der Waals surface area contributed by atoms with Crippen LogP contribution < -0.4 is 15.6 Å². The molecule has 0 fully saturated rings. The zero-order valence-electron chi connectivity index (χ0n) is 18.6. The van der Waals surface area contributed by atoms with E-state index in [1.165, 1.54) is 10.6 Å². The molecule has 0 spiro atoms. The Kier molecular flexibility index (Phi) is 7.29. The average Bonchev–Trinajstić information content (AvgIpc) is 2.82. The molecular formula is C25H24ClF2N3O3. The lowest BCUT2D eigenvalue weighted by molar-refractivity contribution is -0.131. The van der Waals surface area contributed by atoms with Gasteiger partial charge in [0.2, 0.25) is 5.91 Å². The number of hydrogen-bond acceptors (Lipinski definition) is 4. The maximum Gasteiger partial charge on any atom is 0.273 e. The first-order valence-corrected chi connectivity index (χ1v) is 11.2. The molecule has 0 aliphatic carbocycles. The molecule has 2 aromatic carbocycles. The highest BCUT2D eigenvalue weighted by molar-refractivity contribution is 6.31.